The van der Waals surface area contributed by atoms with Crippen LogP contribution in [0.25, 0.3) is 0 Å². The van der Waals surface area contributed by atoms with E-state index >= 15 is 0 Å². The van der Waals surface area contributed by atoms with Gasteiger partial charge in [0.15, 0.2) is 16.4 Å². The van der Waals surface area contributed by atoms with E-state index < -0.39 is 28.6 Å². The fraction of sp³-hybridized carbons (Fsp3) is 0.889. The molecule has 0 aromatic heterocycles. The van der Waals surface area contributed by atoms with E-state index in [0.717, 1.165) is 0 Å². The highest BCUT2D eigenvalue weighted by Crippen LogP contribution is 2.14. The minimum atomic E-state index is -4.52. The second-order valence-electron chi connectivity index (χ2n) is 4.02. The Labute approximate surface area is 103 Å². The Bertz CT molecular complexity index is 379. The Morgan fingerprint density at radius 3 is 2.28 bits per heavy atom. The Balaban J connectivity index is 2.20. The molecule has 0 N–H and O–H groups in total. The van der Waals surface area contributed by atoms with Crippen LogP contribution in [-0.2, 0) is 19.4 Å². The summed E-state index contributed by atoms with van der Waals surface area (Å²) < 4.78 is 61.5. The third-order valence-electron chi connectivity index (χ3n) is 2.47. The van der Waals surface area contributed by atoms with Gasteiger partial charge in [-0.15, -0.1) is 0 Å². The van der Waals surface area contributed by atoms with Gasteiger partial charge in [0, 0.05) is 19.6 Å². The average molecular weight is 289 g/mol. The van der Waals surface area contributed by atoms with Gasteiger partial charge in [0.2, 0.25) is 0 Å². The molecule has 1 aliphatic rings. The molecule has 0 aromatic rings. The maximum atomic E-state index is 11.7. The first-order valence-corrected chi connectivity index (χ1v) is 7.15. The molecule has 0 aliphatic carbocycles. The van der Waals surface area contributed by atoms with Gasteiger partial charge in [-0.05, 0) is 0 Å². The molecule has 1 fully saturated rings. The monoisotopic (exact) mass is 289 g/mol. The summed E-state index contributed by atoms with van der Waals surface area (Å²) in [5.41, 5.74) is 0. The van der Waals surface area contributed by atoms with Crippen LogP contribution in [0, 0.1) is 0 Å². The molecular formula is C9H14F3NO4S. The molecule has 0 unspecified atom stereocenters. The van der Waals surface area contributed by atoms with Crippen molar-refractivity contribution < 1.29 is 31.1 Å². The van der Waals surface area contributed by atoms with Gasteiger partial charge in [-0.25, -0.2) is 8.42 Å². The number of ether oxygens (including phenoxy) is 1. The zero-order valence-corrected chi connectivity index (χ0v) is 10.4. The van der Waals surface area contributed by atoms with E-state index in [9.17, 15) is 26.4 Å². The van der Waals surface area contributed by atoms with E-state index in [0.29, 0.717) is 13.1 Å². The number of esters is 1. The molecule has 106 valence electrons. The molecule has 0 radical (unpaired) electrons. The Kier molecular flexibility index (Phi) is 4.97. The minimum absolute atomic E-state index is 0.0185. The zero-order chi connectivity index (χ0) is 13.8. The Hall–Kier alpha value is -0.830. The molecule has 0 saturated carbocycles. The summed E-state index contributed by atoms with van der Waals surface area (Å²) in [6, 6.07) is 0. The topological polar surface area (TPSA) is 63.7 Å². The van der Waals surface area contributed by atoms with Crippen LogP contribution in [0.1, 0.15) is 6.42 Å². The van der Waals surface area contributed by atoms with Crippen molar-refractivity contribution in [3.05, 3.63) is 0 Å². The van der Waals surface area contributed by atoms with E-state index in [4.69, 9.17) is 0 Å². The van der Waals surface area contributed by atoms with Crippen LogP contribution in [0.5, 0.6) is 0 Å². The van der Waals surface area contributed by atoms with Crippen molar-refractivity contribution in [2.45, 2.75) is 12.6 Å². The average Bonchev–Trinajstić information content (AvgIpc) is 2.24. The lowest BCUT2D eigenvalue weighted by Gasteiger charge is -2.25. The van der Waals surface area contributed by atoms with Crippen LogP contribution >= 0.6 is 0 Å². The quantitative estimate of drug-likeness (QED) is 0.692. The number of hydrogen-bond donors (Lipinski definition) is 0. The number of hydrogen-bond acceptors (Lipinski definition) is 5. The van der Waals surface area contributed by atoms with Crippen LogP contribution < -0.4 is 0 Å². The fourth-order valence-corrected chi connectivity index (χ4v) is 2.73. The van der Waals surface area contributed by atoms with Gasteiger partial charge in [-0.1, -0.05) is 0 Å². The molecule has 1 heterocycles. The summed E-state index contributed by atoms with van der Waals surface area (Å²) in [5, 5.41) is 0. The number of carbonyl (C=O) groups excluding carboxylic acids is 1. The number of nitrogens with zero attached hydrogens (tertiary/aromatic N) is 1. The standard InChI is InChI=1S/C9H14F3NO4S/c10-9(11,12)7-17-8(14)1-2-13-3-5-18(15,16)6-4-13/h1-7H2. The number of alkyl halides is 3. The fourth-order valence-electron chi connectivity index (χ4n) is 1.46. The van der Waals surface area contributed by atoms with Crippen molar-refractivity contribution in [1.82, 2.24) is 4.90 Å². The molecule has 9 heteroatoms. The first kappa shape index (κ1) is 15.2. The van der Waals surface area contributed by atoms with Gasteiger partial charge in [-0.2, -0.15) is 13.2 Å². The molecule has 1 rings (SSSR count). The first-order valence-electron chi connectivity index (χ1n) is 5.33. The van der Waals surface area contributed by atoms with Gasteiger partial charge in [-0.3, -0.25) is 4.79 Å². The molecule has 1 aliphatic heterocycles. The van der Waals surface area contributed by atoms with Gasteiger partial charge < -0.3 is 9.64 Å². The number of carbonyl (C=O) groups is 1. The lowest BCUT2D eigenvalue weighted by molar-refractivity contribution is -0.186. The second kappa shape index (κ2) is 5.87. The third kappa shape index (κ3) is 6.20. The zero-order valence-electron chi connectivity index (χ0n) is 9.57. The van der Waals surface area contributed by atoms with Crippen LogP contribution in [0.15, 0.2) is 0 Å². The molecule has 0 spiro atoms. The van der Waals surface area contributed by atoms with Crippen LogP contribution in [-0.4, -0.2) is 63.2 Å². The SMILES string of the molecule is O=C(CCN1CCS(=O)(=O)CC1)OCC(F)(F)F. The van der Waals surface area contributed by atoms with E-state index in [1.54, 1.807) is 4.90 Å². The molecule has 0 amide bonds. The van der Waals surface area contributed by atoms with Crippen LogP contribution in [0.4, 0.5) is 13.2 Å². The highest BCUT2D eigenvalue weighted by atomic mass is 32.2. The summed E-state index contributed by atoms with van der Waals surface area (Å²) >= 11 is 0. The number of rotatable bonds is 4. The highest BCUT2D eigenvalue weighted by Gasteiger charge is 2.29. The van der Waals surface area contributed by atoms with Gasteiger partial charge in [0.1, 0.15) is 0 Å². The lowest BCUT2D eigenvalue weighted by Crippen LogP contribution is -2.41. The molecule has 0 atom stereocenters. The van der Waals surface area contributed by atoms with Crippen LogP contribution in [0.3, 0.4) is 0 Å². The maximum absolute atomic E-state index is 11.7. The number of halogens is 3. The largest absolute Gasteiger partial charge is 0.456 e. The summed E-state index contributed by atoms with van der Waals surface area (Å²) in [5.74, 6) is -0.893. The van der Waals surface area contributed by atoms with E-state index in [1.165, 1.54) is 0 Å². The van der Waals surface area contributed by atoms with Crippen molar-refractivity contribution in [3.63, 3.8) is 0 Å². The Morgan fingerprint density at radius 1 is 1.22 bits per heavy atom. The van der Waals surface area contributed by atoms with Crippen molar-refractivity contribution >= 4 is 15.8 Å². The predicted octanol–water partition coefficient (Wildman–Crippen LogP) is 0.212. The van der Waals surface area contributed by atoms with Gasteiger partial charge in [0.25, 0.3) is 0 Å². The first-order chi connectivity index (χ1) is 8.18. The van der Waals surface area contributed by atoms with Crippen molar-refractivity contribution in [2.75, 3.05) is 37.7 Å². The minimum Gasteiger partial charge on any atom is -0.456 e. The summed E-state index contributed by atoms with van der Waals surface area (Å²) in [6.45, 7) is -0.768. The van der Waals surface area contributed by atoms with E-state index in [-0.39, 0.29) is 24.5 Å². The molecule has 18 heavy (non-hydrogen) atoms. The normalized spacial score (nSPS) is 20.6. The molecule has 0 aromatic carbocycles. The molecular weight excluding hydrogens is 275 g/mol. The van der Waals surface area contributed by atoms with Crippen molar-refractivity contribution in [3.8, 4) is 0 Å². The molecule has 1 saturated heterocycles. The maximum Gasteiger partial charge on any atom is 0.422 e. The Morgan fingerprint density at radius 2 is 1.78 bits per heavy atom. The van der Waals surface area contributed by atoms with E-state index in [2.05, 4.69) is 4.74 Å². The second-order valence-corrected chi connectivity index (χ2v) is 6.32. The summed E-state index contributed by atoms with van der Waals surface area (Å²) in [7, 11) is -2.99. The van der Waals surface area contributed by atoms with Crippen molar-refractivity contribution in [1.29, 1.82) is 0 Å². The number of sulfone groups is 1. The lowest BCUT2D eigenvalue weighted by atomic mass is 10.3. The van der Waals surface area contributed by atoms with E-state index in [1.807, 2.05) is 0 Å². The molecule has 5 nitrogen and oxygen atoms in total. The summed E-state index contributed by atoms with van der Waals surface area (Å²) in [4.78, 5) is 12.7. The van der Waals surface area contributed by atoms with Gasteiger partial charge in [0.05, 0.1) is 17.9 Å². The summed E-state index contributed by atoms with van der Waals surface area (Å²) in [6.07, 6.45) is -4.69. The smallest absolute Gasteiger partial charge is 0.422 e. The van der Waals surface area contributed by atoms with Gasteiger partial charge >= 0.3 is 12.1 Å². The third-order valence-corrected chi connectivity index (χ3v) is 4.08. The van der Waals surface area contributed by atoms with Crippen molar-refractivity contribution in [2.24, 2.45) is 0 Å². The highest BCUT2D eigenvalue weighted by molar-refractivity contribution is 7.91. The molecule has 0 bridgehead atoms. The van der Waals surface area contributed by atoms with Crippen LogP contribution in [0.2, 0.25) is 0 Å². The predicted molar refractivity (Wildman–Crippen MR) is 56.7 cm³/mol.